The Bertz CT molecular complexity index is 407. The van der Waals surface area contributed by atoms with Crippen molar-refractivity contribution in [2.24, 2.45) is 5.92 Å². The number of hydrogen-bond acceptors (Lipinski definition) is 3. The molecule has 1 aromatic rings. The van der Waals surface area contributed by atoms with Gasteiger partial charge in [0.25, 0.3) is 0 Å². The van der Waals surface area contributed by atoms with Crippen molar-refractivity contribution >= 4 is 0 Å². The molecule has 0 bridgehead atoms. The Hall–Kier alpha value is -0.900. The monoisotopic (exact) mass is 247 g/mol. The molecule has 0 radical (unpaired) electrons. The van der Waals surface area contributed by atoms with Gasteiger partial charge in [0.05, 0.1) is 25.4 Å². The first-order chi connectivity index (χ1) is 8.84. The van der Waals surface area contributed by atoms with Crippen molar-refractivity contribution in [3.63, 3.8) is 0 Å². The SMILES string of the molecule is OC1CCCC1CNC1COCc2ccccc21. The summed E-state index contributed by atoms with van der Waals surface area (Å²) in [6.07, 6.45) is 3.15. The highest BCUT2D eigenvalue weighted by molar-refractivity contribution is 5.31. The van der Waals surface area contributed by atoms with Crippen LogP contribution in [0.5, 0.6) is 0 Å². The minimum Gasteiger partial charge on any atom is -0.393 e. The van der Waals surface area contributed by atoms with E-state index in [1.54, 1.807) is 0 Å². The first kappa shape index (κ1) is 12.2. The van der Waals surface area contributed by atoms with Crippen LogP contribution in [0.25, 0.3) is 0 Å². The predicted molar refractivity (Wildman–Crippen MR) is 70.2 cm³/mol. The minimum atomic E-state index is -0.114. The first-order valence-electron chi connectivity index (χ1n) is 6.91. The van der Waals surface area contributed by atoms with Gasteiger partial charge in [-0.1, -0.05) is 30.7 Å². The highest BCUT2D eigenvalue weighted by Gasteiger charge is 2.27. The second-order valence-corrected chi connectivity index (χ2v) is 5.43. The van der Waals surface area contributed by atoms with E-state index >= 15 is 0 Å². The van der Waals surface area contributed by atoms with E-state index in [1.807, 2.05) is 0 Å². The number of aliphatic hydroxyl groups is 1. The second-order valence-electron chi connectivity index (χ2n) is 5.43. The number of aliphatic hydroxyl groups excluding tert-OH is 1. The zero-order chi connectivity index (χ0) is 12.4. The number of nitrogens with one attached hydrogen (secondary N) is 1. The van der Waals surface area contributed by atoms with E-state index < -0.39 is 0 Å². The highest BCUT2D eigenvalue weighted by atomic mass is 16.5. The molecule has 3 atom stereocenters. The lowest BCUT2D eigenvalue weighted by Crippen LogP contribution is -2.35. The van der Waals surface area contributed by atoms with Crippen LogP contribution >= 0.6 is 0 Å². The fourth-order valence-electron chi connectivity index (χ4n) is 3.10. The third-order valence-electron chi connectivity index (χ3n) is 4.22. The Morgan fingerprint density at radius 1 is 1.28 bits per heavy atom. The highest BCUT2D eigenvalue weighted by Crippen LogP contribution is 2.28. The van der Waals surface area contributed by atoms with Crippen LogP contribution in [-0.4, -0.2) is 24.4 Å². The molecule has 3 nitrogen and oxygen atoms in total. The smallest absolute Gasteiger partial charge is 0.0721 e. The topological polar surface area (TPSA) is 41.5 Å². The van der Waals surface area contributed by atoms with Crippen LogP contribution in [0.2, 0.25) is 0 Å². The van der Waals surface area contributed by atoms with E-state index in [2.05, 4.69) is 29.6 Å². The van der Waals surface area contributed by atoms with E-state index in [4.69, 9.17) is 4.74 Å². The van der Waals surface area contributed by atoms with Gasteiger partial charge in [-0.25, -0.2) is 0 Å². The molecule has 1 aliphatic carbocycles. The molecule has 1 saturated carbocycles. The van der Waals surface area contributed by atoms with Crippen molar-refractivity contribution in [3.05, 3.63) is 35.4 Å². The van der Waals surface area contributed by atoms with Gasteiger partial charge >= 0.3 is 0 Å². The van der Waals surface area contributed by atoms with Gasteiger partial charge in [-0.05, 0) is 29.9 Å². The zero-order valence-corrected chi connectivity index (χ0v) is 10.6. The zero-order valence-electron chi connectivity index (χ0n) is 10.6. The quantitative estimate of drug-likeness (QED) is 0.858. The van der Waals surface area contributed by atoms with Crippen LogP contribution in [0.4, 0.5) is 0 Å². The van der Waals surface area contributed by atoms with Gasteiger partial charge in [0.15, 0.2) is 0 Å². The van der Waals surface area contributed by atoms with Gasteiger partial charge < -0.3 is 15.2 Å². The fourth-order valence-corrected chi connectivity index (χ4v) is 3.10. The molecule has 1 aliphatic heterocycles. The molecule has 1 fully saturated rings. The predicted octanol–water partition coefficient (Wildman–Crippen LogP) is 2.01. The Morgan fingerprint density at radius 3 is 3.00 bits per heavy atom. The van der Waals surface area contributed by atoms with E-state index in [0.717, 1.165) is 39.0 Å². The molecule has 3 rings (SSSR count). The van der Waals surface area contributed by atoms with Crippen LogP contribution < -0.4 is 5.32 Å². The second kappa shape index (κ2) is 5.39. The number of benzene rings is 1. The number of fused-ring (bicyclic) bond motifs is 1. The van der Waals surface area contributed by atoms with Crippen molar-refractivity contribution in [2.45, 2.75) is 38.0 Å². The minimum absolute atomic E-state index is 0.114. The molecule has 2 N–H and O–H groups in total. The normalized spacial score (nSPS) is 31.3. The summed E-state index contributed by atoms with van der Waals surface area (Å²) in [4.78, 5) is 0. The standard InChI is InChI=1S/C15H21NO2/c17-15-7-3-5-11(15)8-16-14-10-18-9-12-4-1-2-6-13(12)14/h1-2,4,6,11,14-17H,3,5,7-10H2. The molecular formula is C15H21NO2. The maximum atomic E-state index is 9.84. The molecule has 18 heavy (non-hydrogen) atoms. The summed E-state index contributed by atoms with van der Waals surface area (Å²) in [6, 6.07) is 8.74. The lowest BCUT2D eigenvalue weighted by Gasteiger charge is -2.28. The molecule has 1 aromatic carbocycles. The van der Waals surface area contributed by atoms with Crippen molar-refractivity contribution in [3.8, 4) is 0 Å². The Kier molecular flexibility index (Phi) is 3.64. The summed E-state index contributed by atoms with van der Waals surface area (Å²) in [6.45, 7) is 2.35. The summed E-state index contributed by atoms with van der Waals surface area (Å²) in [7, 11) is 0. The molecule has 2 aliphatic rings. The summed E-state index contributed by atoms with van der Waals surface area (Å²) in [5, 5.41) is 13.4. The van der Waals surface area contributed by atoms with Gasteiger partial charge in [-0.15, -0.1) is 0 Å². The van der Waals surface area contributed by atoms with Crippen LogP contribution in [0.3, 0.4) is 0 Å². The Labute approximate surface area is 108 Å². The van der Waals surface area contributed by atoms with E-state index in [-0.39, 0.29) is 12.1 Å². The molecular weight excluding hydrogens is 226 g/mol. The van der Waals surface area contributed by atoms with Gasteiger partial charge in [-0.3, -0.25) is 0 Å². The summed E-state index contributed by atoms with van der Waals surface area (Å²) in [5.74, 6) is 0.416. The summed E-state index contributed by atoms with van der Waals surface area (Å²) in [5.41, 5.74) is 2.64. The third-order valence-corrected chi connectivity index (χ3v) is 4.22. The van der Waals surface area contributed by atoms with Crippen molar-refractivity contribution in [1.29, 1.82) is 0 Å². The van der Waals surface area contributed by atoms with E-state index in [1.165, 1.54) is 11.1 Å². The van der Waals surface area contributed by atoms with E-state index in [0.29, 0.717) is 5.92 Å². The Morgan fingerprint density at radius 2 is 2.17 bits per heavy atom. The average molecular weight is 247 g/mol. The molecule has 0 amide bonds. The van der Waals surface area contributed by atoms with Crippen LogP contribution in [0, 0.1) is 5.92 Å². The number of rotatable bonds is 3. The fraction of sp³-hybridized carbons (Fsp3) is 0.600. The molecule has 3 heteroatoms. The van der Waals surface area contributed by atoms with Gasteiger partial charge in [-0.2, -0.15) is 0 Å². The number of ether oxygens (including phenoxy) is 1. The summed E-state index contributed by atoms with van der Waals surface area (Å²) < 4.78 is 5.63. The van der Waals surface area contributed by atoms with Gasteiger partial charge in [0.2, 0.25) is 0 Å². The summed E-state index contributed by atoms with van der Waals surface area (Å²) >= 11 is 0. The van der Waals surface area contributed by atoms with Gasteiger partial charge in [0, 0.05) is 6.54 Å². The third kappa shape index (κ3) is 2.44. The molecule has 3 unspecified atom stereocenters. The van der Waals surface area contributed by atoms with Crippen molar-refractivity contribution < 1.29 is 9.84 Å². The van der Waals surface area contributed by atoms with Crippen molar-refractivity contribution in [1.82, 2.24) is 5.32 Å². The maximum absolute atomic E-state index is 9.84. The van der Waals surface area contributed by atoms with Crippen molar-refractivity contribution in [2.75, 3.05) is 13.2 Å². The molecule has 0 aromatic heterocycles. The average Bonchev–Trinajstić information content (AvgIpc) is 2.82. The molecule has 98 valence electrons. The molecule has 0 saturated heterocycles. The largest absolute Gasteiger partial charge is 0.393 e. The van der Waals surface area contributed by atoms with E-state index in [9.17, 15) is 5.11 Å². The Balaban J connectivity index is 1.64. The van der Waals surface area contributed by atoms with Crippen LogP contribution in [0.15, 0.2) is 24.3 Å². The maximum Gasteiger partial charge on any atom is 0.0721 e. The van der Waals surface area contributed by atoms with Crippen LogP contribution in [0.1, 0.15) is 36.4 Å². The lowest BCUT2D eigenvalue weighted by molar-refractivity contribution is 0.0755. The first-order valence-corrected chi connectivity index (χ1v) is 6.91. The lowest BCUT2D eigenvalue weighted by atomic mass is 9.98. The van der Waals surface area contributed by atoms with Crippen LogP contribution in [-0.2, 0) is 11.3 Å². The van der Waals surface area contributed by atoms with Gasteiger partial charge in [0.1, 0.15) is 0 Å². The number of hydrogen-bond donors (Lipinski definition) is 2. The molecule has 1 heterocycles. The molecule has 0 spiro atoms.